The van der Waals surface area contributed by atoms with Gasteiger partial charge in [0.2, 0.25) is 0 Å². The van der Waals surface area contributed by atoms with E-state index < -0.39 is 17.7 Å². The van der Waals surface area contributed by atoms with E-state index in [9.17, 15) is 9.59 Å². The van der Waals surface area contributed by atoms with E-state index in [1.54, 1.807) is 26.8 Å². The highest BCUT2D eigenvalue weighted by atomic mass is 35.5. The first-order valence-corrected chi connectivity index (χ1v) is 10.8. The molecular formula is C24H29ClN2O3S. The van der Waals surface area contributed by atoms with Gasteiger partial charge < -0.3 is 15.0 Å². The monoisotopic (exact) mass is 460 g/mol. The van der Waals surface area contributed by atoms with Crippen molar-refractivity contribution in [3.8, 4) is 0 Å². The Balaban J connectivity index is 0.00000272. The first-order chi connectivity index (χ1) is 14.2. The van der Waals surface area contributed by atoms with Gasteiger partial charge in [0.15, 0.2) is 5.78 Å². The number of halogens is 1. The van der Waals surface area contributed by atoms with E-state index in [1.807, 2.05) is 18.2 Å². The van der Waals surface area contributed by atoms with Crippen LogP contribution in [0.4, 0.5) is 16.2 Å². The number of amides is 1. The maximum absolute atomic E-state index is 13.0. The van der Waals surface area contributed by atoms with Gasteiger partial charge in [-0.1, -0.05) is 29.8 Å². The molecule has 1 fully saturated rings. The highest BCUT2D eigenvalue weighted by molar-refractivity contribution is 7.59. The van der Waals surface area contributed by atoms with E-state index in [1.165, 1.54) is 18.4 Å². The van der Waals surface area contributed by atoms with Crippen LogP contribution in [0.15, 0.2) is 42.5 Å². The predicted molar refractivity (Wildman–Crippen MR) is 129 cm³/mol. The van der Waals surface area contributed by atoms with Crippen molar-refractivity contribution >= 4 is 48.3 Å². The summed E-state index contributed by atoms with van der Waals surface area (Å²) in [5, 5.41) is 3.33. The Kier molecular flexibility index (Phi) is 6.92. The summed E-state index contributed by atoms with van der Waals surface area (Å²) < 4.78 is 5.38. The Labute approximate surface area is 195 Å². The van der Waals surface area contributed by atoms with Crippen molar-refractivity contribution in [3.05, 3.63) is 58.6 Å². The average molecular weight is 461 g/mol. The molecule has 166 valence electrons. The summed E-state index contributed by atoms with van der Waals surface area (Å²) in [6.45, 7) is 5.71. The first-order valence-electron chi connectivity index (χ1n) is 10.4. The maximum Gasteiger partial charge on any atom is 0.408 e. The van der Waals surface area contributed by atoms with Crippen LogP contribution in [0.5, 0.6) is 0 Å². The van der Waals surface area contributed by atoms with Gasteiger partial charge in [-0.2, -0.15) is 13.5 Å². The summed E-state index contributed by atoms with van der Waals surface area (Å²) in [7, 11) is 0. The predicted octanol–water partition coefficient (Wildman–Crippen LogP) is 5.49. The van der Waals surface area contributed by atoms with Gasteiger partial charge in [0.1, 0.15) is 11.6 Å². The smallest absolute Gasteiger partial charge is 0.408 e. The fraction of sp³-hybridized carbons (Fsp3) is 0.417. The Bertz CT molecular complexity index is 985. The van der Waals surface area contributed by atoms with E-state index in [0.29, 0.717) is 17.5 Å². The number of rotatable bonds is 3. The number of alkyl carbamates (subject to hydrolysis) is 1. The van der Waals surface area contributed by atoms with Crippen LogP contribution in [0.3, 0.4) is 0 Å². The number of nitrogens with one attached hydrogen (secondary N) is 1. The van der Waals surface area contributed by atoms with E-state index in [4.69, 9.17) is 16.3 Å². The number of carbonyl (C=O) groups is 2. The lowest BCUT2D eigenvalue weighted by atomic mass is 10.0. The molecule has 0 bridgehead atoms. The number of hydrogen-bond donors (Lipinski definition) is 1. The van der Waals surface area contributed by atoms with Crippen molar-refractivity contribution < 1.29 is 14.3 Å². The highest BCUT2D eigenvalue weighted by Gasteiger charge is 2.33. The maximum atomic E-state index is 13.0. The van der Waals surface area contributed by atoms with Gasteiger partial charge in [0, 0.05) is 28.4 Å². The Morgan fingerprint density at radius 1 is 1.16 bits per heavy atom. The minimum atomic E-state index is -0.701. The SMILES string of the molecule is CC(C)(C)OC(=O)N[C@H]1CN(c2cccc(C3CC3)c2)c2cccc(Cl)c2CC1=O.S. The first kappa shape index (κ1) is 23.5. The third kappa shape index (κ3) is 5.55. The molecule has 2 aromatic rings. The van der Waals surface area contributed by atoms with E-state index in [-0.39, 0.29) is 25.7 Å². The standard InChI is InChI=1S/C24H27ClN2O3.H2S/c1-24(2,3)30-23(29)26-20-14-27(17-7-4-6-16(12-17)15-10-11-15)21-9-5-8-19(25)18(21)13-22(20)28;/h4-9,12,15,20H,10-11,13-14H2,1-3H3,(H,26,29);1H2/t20-;/m0./s1. The lowest BCUT2D eigenvalue weighted by molar-refractivity contribution is -0.120. The molecule has 7 heteroatoms. The molecule has 1 saturated carbocycles. The van der Waals surface area contributed by atoms with Crippen molar-refractivity contribution in [3.63, 3.8) is 0 Å². The third-order valence-electron chi connectivity index (χ3n) is 5.41. The van der Waals surface area contributed by atoms with Crippen LogP contribution in [0.1, 0.15) is 50.7 Å². The summed E-state index contributed by atoms with van der Waals surface area (Å²) in [6.07, 6.45) is 2.00. The average Bonchev–Trinajstić information content (AvgIpc) is 3.51. The largest absolute Gasteiger partial charge is 0.444 e. The molecule has 1 atom stereocenters. The van der Waals surface area contributed by atoms with Crippen molar-refractivity contribution in [2.75, 3.05) is 11.4 Å². The zero-order chi connectivity index (χ0) is 21.5. The van der Waals surface area contributed by atoms with Crippen molar-refractivity contribution in [2.45, 2.75) is 57.6 Å². The molecule has 1 aliphatic carbocycles. The number of ether oxygens (including phenoxy) is 1. The lowest BCUT2D eigenvalue weighted by Crippen LogP contribution is -2.48. The zero-order valence-electron chi connectivity index (χ0n) is 18.1. The molecule has 1 amide bonds. The summed E-state index contributed by atoms with van der Waals surface area (Å²) in [4.78, 5) is 27.5. The lowest BCUT2D eigenvalue weighted by Gasteiger charge is -2.29. The van der Waals surface area contributed by atoms with E-state index in [0.717, 1.165) is 16.9 Å². The highest BCUT2D eigenvalue weighted by Crippen LogP contribution is 2.42. The topological polar surface area (TPSA) is 58.6 Å². The second-order valence-corrected chi connectivity index (χ2v) is 9.47. The molecule has 2 aliphatic rings. The van der Waals surface area contributed by atoms with Gasteiger partial charge in [-0.25, -0.2) is 4.79 Å². The molecule has 1 heterocycles. The second-order valence-electron chi connectivity index (χ2n) is 9.06. The number of nitrogens with zero attached hydrogens (tertiary/aromatic N) is 1. The molecule has 0 aromatic heterocycles. The van der Waals surface area contributed by atoms with E-state index >= 15 is 0 Å². The van der Waals surface area contributed by atoms with Crippen LogP contribution in [0, 0.1) is 0 Å². The van der Waals surface area contributed by atoms with Gasteiger partial charge in [0.05, 0.1) is 6.54 Å². The van der Waals surface area contributed by atoms with Gasteiger partial charge in [0.25, 0.3) is 0 Å². The van der Waals surface area contributed by atoms with Gasteiger partial charge in [-0.05, 0) is 69.4 Å². The molecular weight excluding hydrogens is 432 g/mol. The zero-order valence-corrected chi connectivity index (χ0v) is 19.8. The number of Topliss-reactive ketones (excluding diaryl/α,β-unsaturated/α-hetero) is 1. The quantitative estimate of drug-likeness (QED) is 0.658. The fourth-order valence-corrected chi connectivity index (χ4v) is 4.08. The van der Waals surface area contributed by atoms with Crippen LogP contribution >= 0.6 is 25.1 Å². The molecule has 5 nitrogen and oxygen atoms in total. The number of benzene rings is 2. The van der Waals surface area contributed by atoms with Crippen LogP contribution in [0.25, 0.3) is 0 Å². The Morgan fingerprint density at radius 2 is 1.87 bits per heavy atom. The minimum Gasteiger partial charge on any atom is -0.444 e. The second kappa shape index (κ2) is 9.13. The van der Waals surface area contributed by atoms with Gasteiger partial charge in [-0.15, -0.1) is 0 Å². The number of ketones is 1. The number of fused-ring (bicyclic) bond motifs is 1. The Morgan fingerprint density at radius 3 is 2.55 bits per heavy atom. The Hall–Kier alpha value is -2.18. The minimum absolute atomic E-state index is 0. The molecule has 31 heavy (non-hydrogen) atoms. The molecule has 4 rings (SSSR count). The van der Waals surface area contributed by atoms with Crippen molar-refractivity contribution in [2.24, 2.45) is 0 Å². The molecule has 0 radical (unpaired) electrons. The number of carbonyl (C=O) groups excluding carboxylic acids is 2. The summed E-state index contributed by atoms with van der Waals surface area (Å²) >= 11 is 6.47. The molecule has 0 saturated heterocycles. The summed E-state index contributed by atoms with van der Waals surface area (Å²) in [5.41, 5.74) is 3.35. The summed E-state index contributed by atoms with van der Waals surface area (Å²) in [6, 6.07) is 13.4. The van der Waals surface area contributed by atoms with Crippen LogP contribution in [-0.2, 0) is 16.0 Å². The van der Waals surface area contributed by atoms with Crippen LogP contribution in [0.2, 0.25) is 5.02 Å². The van der Waals surface area contributed by atoms with Crippen LogP contribution < -0.4 is 10.2 Å². The van der Waals surface area contributed by atoms with Crippen molar-refractivity contribution in [1.29, 1.82) is 0 Å². The fourth-order valence-electron chi connectivity index (χ4n) is 3.84. The van der Waals surface area contributed by atoms with E-state index in [2.05, 4.69) is 28.4 Å². The van der Waals surface area contributed by atoms with Gasteiger partial charge in [-0.3, -0.25) is 4.79 Å². The molecule has 0 unspecified atom stereocenters. The number of hydrogen-bond acceptors (Lipinski definition) is 4. The number of anilines is 2. The molecule has 1 aliphatic heterocycles. The molecule has 2 aromatic carbocycles. The van der Waals surface area contributed by atoms with Crippen LogP contribution in [-0.4, -0.2) is 30.1 Å². The van der Waals surface area contributed by atoms with Crippen molar-refractivity contribution in [1.82, 2.24) is 5.32 Å². The molecule has 1 N–H and O–H groups in total. The molecule has 0 spiro atoms. The third-order valence-corrected chi connectivity index (χ3v) is 5.77. The summed E-state index contributed by atoms with van der Waals surface area (Å²) in [5.74, 6) is 0.532. The normalized spacial score (nSPS) is 18.5. The van der Waals surface area contributed by atoms with Gasteiger partial charge >= 0.3 is 6.09 Å².